The molecule has 106 valence electrons. The number of nitrogens with zero attached hydrogens (tertiary/aromatic N) is 3. The van der Waals surface area contributed by atoms with E-state index in [0.717, 1.165) is 5.82 Å². The summed E-state index contributed by atoms with van der Waals surface area (Å²) in [5, 5.41) is 0. The zero-order valence-electron chi connectivity index (χ0n) is 13.0. The van der Waals surface area contributed by atoms with Crippen LogP contribution in [0.1, 0.15) is 64.8 Å². The van der Waals surface area contributed by atoms with E-state index in [0.29, 0.717) is 12.0 Å². The van der Waals surface area contributed by atoms with Gasteiger partial charge in [0.05, 0.1) is 0 Å². The number of aromatic nitrogens is 2. The molecule has 0 aromatic carbocycles. The van der Waals surface area contributed by atoms with Crippen molar-refractivity contribution in [3.8, 4) is 0 Å². The van der Waals surface area contributed by atoms with Crippen molar-refractivity contribution in [2.45, 2.75) is 64.8 Å². The molecule has 0 unspecified atom stereocenters. The van der Waals surface area contributed by atoms with Crippen molar-refractivity contribution >= 4 is 0 Å². The molecular formula is C16H27N3. The summed E-state index contributed by atoms with van der Waals surface area (Å²) in [5.74, 6) is 1.58. The molecule has 0 saturated carbocycles. The second-order valence-electron chi connectivity index (χ2n) is 6.98. The van der Waals surface area contributed by atoms with Crippen LogP contribution in [0.3, 0.4) is 0 Å². The highest BCUT2D eigenvalue weighted by atomic mass is 15.1. The Bertz CT molecular complexity index is 395. The first kappa shape index (κ1) is 14.4. The Morgan fingerprint density at radius 3 is 2.05 bits per heavy atom. The fourth-order valence-electron chi connectivity index (χ4n) is 2.61. The van der Waals surface area contributed by atoms with Crippen molar-refractivity contribution in [2.75, 3.05) is 13.1 Å². The molecule has 0 amide bonds. The van der Waals surface area contributed by atoms with Crippen LogP contribution in [-0.2, 0) is 5.41 Å². The van der Waals surface area contributed by atoms with Gasteiger partial charge in [0, 0.05) is 24.4 Å². The molecule has 1 saturated heterocycles. The van der Waals surface area contributed by atoms with E-state index in [1.807, 2.05) is 12.4 Å². The molecule has 0 spiro atoms. The predicted octanol–water partition coefficient (Wildman–Crippen LogP) is 3.36. The molecule has 0 aliphatic carbocycles. The summed E-state index contributed by atoms with van der Waals surface area (Å²) in [6, 6.07) is 0.658. The lowest BCUT2D eigenvalue weighted by Crippen LogP contribution is -2.38. The number of piperidine rings is 1. The smallest absolute Gasteiger partial charge is 0.131 e. The molecule has 1 aliphatic heterocycles. The summed E-state index contributed by atoms with van der Waals surface area (Å²) in [6.07, 6.45) is 6.40. The molecule has 3 nitrogen and oxygen atoms in total. The van der Waals surface area contributed by atoms with E-state index in [1.54, 1.807) is 0 Å². The van der Waals surface area contributed by atoms with Gasteiger partial charge in [-0.3, -0.25) is 0 Å². The second-order valence-corrected chi connectivity index (χ2v) is 6.98. The summed E-state index contributed by atoms with van der Waals surface area (Å²) < 4.78 is 0. The average Bonchev–Trinajstić information content (AvgIpc) is 2.38. The third-order valence-electron chi connectivity index (χ3n) is 4.16. The maximum absolute atomic E-state index is 4.61. The highest BCUT2D eigenvalue weighted by Gasteiger charge is 2.24. The molecule has 0 N–H and O–H groups in total. The normalized spacial score (nSPS) is 19.1. The molecule has 0 bridgehead atoms. The monoisotopic (exact) mass is 261 g/mol. The minimum Gasteiger partial charge on any atom is -0.301 e. The lowest BCUT2D eigenvalue weighted by Gasteiger charge is -2.34. The summed E-state index contributed by atoms with van der Waals surface area (Å²) in [4.78, 5) is 11.8. The van der Waals surface area contributed by atoms with Crippen LogP contribution in [0.15, 0.2) is 12.4 Å². The van der Waals surface area contributed by atoms with Gasteiger partial charge in [-0.25, -0.2) is 9.97 Å². The standard InChI is InChI=1S/C16H27N3/c1-12(2)19-8-6-13(7-9-19)15-17-10-14(11-18-15)16(3,4)5/h10-13H,6-9H2,1-5H3. The highest BCUT2D eigenvalue weighted by molar-refractivity contribution is 5.16. The molecule has 1 aliphatic rings. The molecule has 1 aromatic rings. The Morgan fingerprint density at radius 1 is 1.11 bits per heavy atom. The summed E-state index contributed by atoms with van der Waals surface area (Å²) in [5.41, 5.74) is 1.36. The Kier molecular flexibility index (Phi) is 4.24. The van der Waals surface area contributed by atoms with E-state index in [2.05, 4.69) is 49.5 Å². The van der Waals surface area contributed by atoms with Gasteiger partial charge in [0.15, 0.2) is 0 Å². The molecule has 1 aromatic heterocycles. The van der Waals surface area contributed by atoms with Gasteiger partial charge in [-0.15, -0.1) is 0 Å². The van der Waals surface area contributed by atoms with E-state index in [4.69, 9.17) is 0 Å². The lowest BCUT2D eigenvalue weighted by molar-refractivity contribution is 0.169. The number of hydrogen-bond donors (Lipinski definition) is 0. The second kappa shape index (κ2) is 5.58. The maximum atomic E-state index is 4.61. The van der Waals surface area contributed by atoms with Crippen LogP contribution < -0.4 is 0 Å². The molecule has 2 rings (SSSR count). The lowest BCUT2D eigenvalue weighted by atomic mass is 9.89. The van der Waals surface area contributed by atoms with Gasteiger partial charge in [-0.2, -0.15) is 0 Å². The largest absolute Gasteiger partial charge is 0.301 e. The van der Waals surface area contributed by atoms with Gasteiger partial charge >= 0.3 is 0 Å². The molecule has 1 fully saturated rings. The Hall–Kier alpha value is -0.960. The van der Waals surface area contributed by atoms with Gasteiger partial charge in [-0.1, -0.05) is 20.8 Å². The number of likely N-dealkylation sites (tertiary alicyclic amines) is 1. The van der Waals surface area contributed by atoms with Gasteiger partial charge in [0.1, 0.15) is 5.82 Å². The maximum Gasteiger partial charge on any atom is 0.131 e. The summed E-state index contributed by atoms with van der Waals surface area (Å²) in [6.45, 7) is 13.5. The Labute approximate surface area is 117 Å². The van der Waals surface area contributed by atoms with E-state index < -0.39 is 0 Å². The third-order valence-corrected chi connectivity index (χ3v) is 4.16. The van der Waals surface area contributed by atoms with E-state index in [1.165, 1.54) is 31.5 Å². The molecule has 19 heavy (non-hydrogen) atoms. The molecule has 2 heterocycles. The van der Waals surface area contributed by atoms with Crippen molar-refractivity contribution < 1.29 is 0 Å². The molecule has 0 radical (unpaired) electrons. The van der Waals surface area contributed by atoms with Crippen molar-refractivity contribution in [3.63, 3.8) is 0 Å². The minimum atomic E-state index is 0.138. The van der Waals surface area contributed by atoms with Gasteiger partial charge in [0.25, 0.3) is 0 Å². The molecule has 3 heteroatoms. The number of hydrogen-bond acceptors (Lipinski definition) is 3. The molecule has 0 atom stereocenters. The third kappa shape index (κ3) is 3.53. The topological polar surface area (TPSA) is 29.0 Å². The van der Waals surface area contributed by atoms with E-state index >= 15 is 0 Å². The summed E-state index contributed by atoms with van der Waals surface area (Å²) in [7, 11) is 0. The van der Waals surface area contributed by atoms with E-state index in [9.17, 15) is 0 Å². The quantitative estimate of drug-likeness (QED) is 0.817. The van der Waals surface area contributed by atoms with Crippen LogP contribution in [-0.4, -0.2) is 34.0 Å². The van der Waals surface area contributed by atoms with Gasteiger partial charge < -0.3 is 4.90 Å². The van der Waals surface area contributed by atoms with Crippen LogP contribution in [0, 0.1) is 0 Å². The van der Waals surface area contributed by atoms with Crippen molar-refractivity contribution in [1.82, 2.24) is 14.9 Å². The first-order valence-corrected chi connectivity index (χ1v) is 7.44. The molecular weight excluding hydrogens is 234 g/mol. The fourth-order valence-corrected chi connectivity index (χ4v) is 2.61. The fraction of sp³-hybridized carbons (Fsp3) is 0.750. The predicted molar refractivity (Wildman–Crippen MR) is 79.4 cm³/mol. The van der Waals surface area contributed by atoms with Gasteiger partial charge in [-0.05, 0) is 50.8 Å². The SMILES string of the molecule is CC(C)N1CCC(c2ncc(C(C)(C)C)cn2)CC1. The Morgan fingerprint density at radius 2 is 1.63 bits per heavy atom. The zero-order chi connectivity index (χ0) is 14.0. The highest BCUT2D eigenvalue weighted by Crippen LogP contribution is 2.27. The summed E-state index contributed by atoms with van der Waals surface area (Å²) >= 11 is 0. The van der Waals surface area contributed by atoms with E-state index in [-0.39, 0.29) is 5.41 Å². The van der Waals surface area contributed by atoms with Crippen LogP contribution >= 0.6 is 0 Å². The zero-order valence-corrected chi connectivity index (χ0v) is 13.0. The van der Waals surface area contributed by atoms with Gasteiger partial charge in [0.2, 0.25) is 0 Å². The Balaban J connectivity index is 2.00. The van der Waals surface area contributed by atoms with Crippen LogP contribution in [0.5, 0.6) is 0 Å². The van der Waals surface area contributed by atoms with Crippen molar-refractivity contribution in [3.05, 3.63) is 23.8 Å². The van der Waals surface area contributed by atoms with Crippen LogP contribution in [0.4, 0.5) is 0 Å². The van der Waals surface area contributed by atoms with Crippen LogP contribution in [0.2, 0.25) is 0 Å². The first-order chi connectivity index (χ1) is 8.88. The minimum absolute atomic E-state index is 0.138. The first-order valence-electron chi connectivity index (χ1n) is 7.44. The van der Waals surface area contributed by atoms with Crippen molar-refractivity contribution in [2.24, 2.45) is 0 Å². The van der Waals surface area contributed by atoms with Crippen molar-refractivity contribution in [1.29, 1.82) is 0 Å². The number of rotatable bonds is 2. The van der Waals surface area contributed by atoms with Crippen LogP contribution in [0.25, 0.3) is 0 Å². The average molecular weight is 261 g/mol.